The van der Waals surface area contributed by atoms with Crippen molar-refractivity contribution in [2.45, 2.75) is 4.90 Å². The molecule has 0 saturated heterocycles. The van der Waals surface area contributed by atoms with Crippen molar-refractivity contribution in [1.29, 1.82) is 0 Å². The van der Waals surface area contributed by atoms with E-state index in [2.05, 4.69) is 5.32 Å². The van der Waals surface area contributed by atoms with Gasteiger partial charge in [0.25, 0.3) is 0 Å². The Morgan fingerprint density at radius 3 is 2.48 bits per heavy atom. The first kappa shape index (κ1) is 17.4. The predicted molar refractivity (Wildman–Crippen MR) is 86.3 cm³/mol. The van der Waals surface area contributed by atoms with E-state index in [1.807, 2.05) is 0 Å². The molecule has 2 aromatic rings. The summed E-state index contributed by atoms with van der Waals surface area (Å²) in [7, 11) is -2.45. The summed E-state index contributed by atoms with van der Waals surface area (Å²) < 4.78 is 38.6. The van der Waals surface area contributed by atoms with Crippen LogP contribution in [0.1, 0.15) is 0 Å². The van der Waals surface area contributed by atoms with Crippen LogP contribution in [0.4, 0.5) is 10.1 Å². The van der Waals surface area contributed by atoms with E-state index in [0.29, 0.717) is 0 Å². The maximum atomic E-state index is 13.1. The molecule has 23 heavy (non-hydrogen) atoms. The molecule has 0 spiro atoms. The number of hydrogen-bond donors (Lipinski definition) is 1. The Morgan fingerprint density at radius 1 is 1.22 bits per heavy atom. The second-order valence-electron chi connectivity index (χ2n) is 4.75. The minimum Gasteiger partial charge on any atom is -0.325 e. The second-order valence-corrected chi connectivity index (χ2v) is 7.20. The monoisotopic (exact) mass is 356 g/mol. The number of anilines is 1. The molecule has 8 heteroatoms. The van der Waals surface area contributed by atoms with E-state index < -0.39 is 21.7 Å². The number of sulfonamides is 1. The number of amides is 1. The number of likely N-dealkylation sites (N-methyl/N-ethyl adjacent to an activating group) is 1. The van der Waals surface area contributed by atoms with Crippen LogP contribution in [-0.4, -0.2) is 32.2 Å². The first-order valence-corrected chi connectivity index (χ1v) is 8.39. The minimum absolute atomic E-state index is 0.0973. The van der Waals surface area contributed by atoms with Gasteiger partial charge in [-0.1, -0.05) is 29.8 Å². The molecular formula is C15H14ClFN2O3S. The molecule has 2 aromatic carbocycles. The smallest absolute Gasteiger partial charge is 0.243 e. The molecule has 0 radical (unpaired) electrons. The molecule has 0 aromatic heterocycles. The van der Waals surface area contributed by atoms with Gasteiger partial charge in [-0.3, -0.25) is 4.79 Å². The standard InChI is InChI=1S/C15H14ClFN2O3S/c1-19(23(21,22)12-5-3-2-4-6-12)10-15(20)18-11-7-8-14(17)13(16)9-11/h2-9H,10H2,1H3,(H,18,20). The third-order valence-electron chi connectivity index (χ3n) is 3.02. The summed E-state index contributed by atoms with van der Waals surface area (Å²) in [6, 6.07) is 11.5. The molecule has 0 atom stereocenters. The highest BCUT2D eigenvalue weighted by atomic mass is 35.5. The largest absolute Gasteiger partial charge is 0.325 e. The van der Waals surface area contributed by atoms with E-state index in [9.17, 15) is 17.6 Å². The van der Waals surface area contributed by atoms with Crippen LogP contribution < -0.4 is 5.32 Å². The Hall–Kier alpha value is -1.96. The maximum absolute atomic E-state index is 13.1. The minimum atomic E-state index is -3.75. The topological polar surface area (TPSA) is 66.5 Å². The van der Waals surface area contributed by atoms with E-state index in [1.165, 1.54) is 31.3 Å². The summed E-state index contributed by atoms with van der Waals surface area (Å²) in [6.45, 7) is -0.383. The van der Waals surface area contributed by atoms with Crippen molar-refractivity contribution in [3.05, 3.63) is 59.4 Å². The van der Waals surface area contributed by atoms with Gasteiger partial charge < -0.3 is 5.32 Å². The highest BCUT2D eigenvalue weighted by molar-refractivity contribution is 7.89. The third kappa shape index (κ3) is 4.28. The fourth-order valence-corrected chi connectivity index (χ4v) is 3.16. The fraction of sp³-hybridized carbons (Fsp3) is 0.133. The Labute approximate surface area is 138 Å². The lowest BCUT2D eigenvalue weighted by atomic mass is 10.3. The predicted octanol–water partition coefficient (Wildman–Crippen LogP) is 2.74. The highest BCUT2D eigenvalue weighted by Gasteiger charge is 2.22. The first-order valence-electron chi connectivity index (χ1n) is 6.57. The molecule has 0 saturated carbocycles. The van der Waals surface area contributed by atoms with E-state index in [0.717, 1.165) is 10.4 Å². The van der Waals surface area contributed by atoms with E-state index in [4.69, 9.17) is 11.6 Å². The molecule has 1 amide bonds. The summed E-state index contributed by atoms with van der Waals surface area (Å²) in [5.41, 5.74) is 0.284. The number of nitrogens with one attached hydrogen (secondary N) is 1. The van der Waals surface area contributed by atoms with Gasteiger partial charge in [-0.05, 0) is 30.3 Å². The van der Waals surface area contributed by atoms with Crippen molar-refractivity contribution in [3.63, 3.8) is 0 Å². The van der Waals surface area contributed by atoms with Gasteiger partial charge in [0, 0.05) is 12.7 Å². The highest BCUT2D eigenvalue weighted by Crippen LogP contribution is 2.19. The van der Waals surface area contributed by atoms with Gasteiger partial charge >= 0.3 is 0 Å². The zero-order chi connectivity index (χ0) is 17.0. The average Bonchev–Trinajstić information content (AvgIpc) is 2.51. The van der Waals surface area contributed by atoms with Gasteiger partial charge in [0.05, 0.1) is 16.5 Å². The summed E-state index contributed by atoms with van der Waals surface area (Å²) >= 11 is 5.62. The van der Waals surface area contributed by atoms with E-state index >= 15 is 0 Å². The van der Waals surface area contributed by atoms with E-state index in [1.54, 1.807) is 18.2 Å². The number of nitrogens with zero attached hydrogens (tertiary/aromatic N) is 1. The number of hydrogen-bond acceptors (Lipinski definition) is 3. The molecule has 5 nitrogen and oxygen atoms in total. The van der Waals surface area contributed by atoms with Crippen molar-refractivity contribution in [2.24, 2.45) is 0 Å². The summed E-state index contributed by atoms with van der Waals surface area (Å²) in [6.07, 6.45) is 0. The Kier molecular flexibility index (Phi) is 5.35. The van der Waals surface area contributed by atoms with Gasteiger partial charge in [0.15, 0.2) is 0 Å². The van der Waals surface area contributed by atoms with Crippen LogP contribution >= 0.6 is 11.6 Å². The molecule has 0 unspecified atom stereocenters. The molecule has 0 fully saturated rings. The van der Waals surface area contributed by atoms with Gasteiger partial charge in [-0.15, -0.1) is 0 Å². The first-order chi connectivity index (χ1) is 10.8. The van der Waals surface area contributed by atoms with Gasteiger partial charge in [0.2, 0.25) is 15.9 Å². The molecule has 0 aliphatic rings. The van der Waals surface area contributed by atoms with Crippen LogP contribution in [0.3, 0.4) is 0 Å². The van der Waals surface area contributed by atoms with Crippen molar-refractivity contribution >= 4 is 33.2 Å². The average molecular weight is 357 g/mol. The summed E-state index contributed by atoms with van der Waals surface area (Å²) in [5.74, 6) is -1.16. The van der Waals surface area contributed by atoms with Crippen LogP contribution in [-0.2, 0) is 14.8 Å². The molecule has 2 rings (SSSR count). The van der Waals surface area contributed by atoms with Crippen molar-refractivity contribution < 1.29 is 17.6 Å². The maximum Gasteiger partial charge on any atom is 0.243 e. The number of carbonyl (C=O) groups is 1. The molecule has 122 valence electrons. The summed E-state index contributed by atoms with van der Waals surface area (Å²) in [5, 5.41) is 2.34. The van der Waals surface area contributed by atoms with Crippen LogP contribution in [0.5, 0.6) is 0 Å². The SMILES string of the molecule is CN(CC(=O)Nc1ccc(F)c(Cl)c1)S(=O)(=O)c1ccccc1. The lowest BCUT2D eigenvalue weighted by Gasteiger charge is -2.17. The molecule has 1 N–H and O–H groups in total. The van der Waals surface area contributed by atoms with Gasteiger partial charge in [-0.25, -0.2) is 12.8 Å². The molecule has 0 heterocycles. The number of benzene rings is 2. The quantitative estimate of drug-likeness (QED) is 0.895. The molecular weight excluding hydrogens is 343 g/mol. The van der Waals surface area contributed by atoms with Crippen molar-refractivity contribution in [2.75, 3.05) is 18.9 Å². The number of carbonyl (C=O) groups excluding carboxylic acids is 1. The lowest BCUT2D eigenvalue weighted by Crippen LogP contribution is -2.34. The number of halogens is 2. The fourth-order valence-electron chi connectivity index (χ4n) is 1.83. The second kappa shape index (κ2) is 7.08. The van der Waals surface area contributed by atoms with Crippen LogP contribution in [0, 0.1) is 5.82 Å². The van der Waals surface area contributed by atoms with Crippen molar-refractivity contribution in [1.82, 2.24) is 4.31 Å². The Balaban J connectivity index is 2.06. The number of rotatable bonds is 5. The Morgan fingerprint density at radius 2 is 1.87 bits per heavy atom. The molecule has 0 aliphatic heterocycles. The third-order valence-corrected chi connectivity index (χ3v) is 5.13. The molecule has 0 bridgehead atoms. The van der Waals surface area contributed by atoms with Crippen LogP contribution in [0.25, 0.3) is 0 Å². The van der Waals surface area contributed by atoms with E-state index in [-0.39, 0.29) is 22.2 Å². The van der Waals surface area contributed by atoms with Gasteiger partial charge in [0.1, 0.15) is 5.82 Å². The lowest BCUT2D eigenvalue weighted by molar-refractivity contribution is -0.116. The Bertz CT molecular complexity index is 813. The van der Waals surface area contributed by atoms with Crippen molar-refractivity contribution in [3.8, 4) is 0 Å². The summed E-state index contributed by atoms with van der Waals surface area (Å²) in [4.78, 5) is 12.0. The van der Waals surface area contributed by atoms with Crippen LogP contribution in [0.15, 0.2) is 53.4 Å². The van der Waals surface area contributed by atoms with Crippen LogP contribution in [0.2, 0.25) is 5.02 Å². The normalized spacial score (nSPS) is 11.5. The van der Waals surface area contributed by atoms with Gasteiger partial charge in [-0.2, -0.15) is 4.31 Å². The zero-order valence-electron chi connectivity index (χ0n) is 12.2. The zero-order valence-corrected chi connectivity index (χ0v) is 13.7. The molecule has 0 aliphatic carbocycles.